The molecule has 0 bridgehead atoms. The first-order valence-corrected chi connectivity index (χ1v) is 5.09. The van der Waals surface area contributed by atoms with Crippen LogP contribution in [-0.2, 0) is 19.1 Å². The number of carbonyl (C=O) groups is 2. The van der Waals surface area contributed by atoms with E-state index in [4.69, 9.17) is 14.6 Å². The molecule has 1 aliphatic rings. The molecule has 6 heteroatoms. The smallest absolute Gasteiger partial charge is 0.329 e. The zero-order valence-electron chi connectivity index (χ0n) is 9.56. The number of ether oxygens (including phenoxy) is 2. The number of hydrogen-bond acceptors (Lipinski definition) is 4. The number of methoxy groups -OCH3 is 1. The average Bonchev–Trinajstić information content (AvgIpc) is 2.19. The van der Waals surface area contributed by atoms with Crippen LogP contribution in [0.15, 0.2) is 0 Å². The predicted octanol–water partition coefficient (Wildman–Crippen LogP) is -0.275. The molecule has 1 fully saturated rings. The summed E-state index contributed by atoms with van der Waals surface area (Å²) in [6.45, 7) is 2.78. The molecule has 0 aromatic carbocycles. The van der Waals surface area contributed by atoms with Crippen molar-refractivity contribution in [2.75, 3.05) is 33.4 Å². The van der Waals surface area contributed by atoms with Crippen molar-refractivity contribution in [3.05, 3.63) is 0 Å². The Morgan fingerprint density at radius 1 is 1.44 bits per heavy atom. The van der Waals surface area contributed by atoms with Crippen LogP contribution < -0.4 is 0 Å². The lowest BCUT2D eigenvalue weighted by molar-refractivity contribution is -0.173. The van der Waals surface area contributed by atoms with Crippen LogP contribution in [0.2, 0.25) is 0 Å². The van der Waals surface area contributed by atoms with Crippen molar-refractivity contribution in [2.24, 2.45) is 0 Å². The molecule has 0 radical (unpaired) electrons. The Morgan fingerprint density at radius 2 is 2.06 bits per heavy atom. The molecule has 1 N–H and O–H groups in total. The maximum Gasteiger partial charge on any atom is 0.329 e. The van der Waals surface area contributed by atoms with Gasteiger partial charge in [-0.15, -0.1) is 0 Å². The van der Waals surface area contributed by atoms with Crippen LogP contribution in [0.25, 0.3) is 0 Å². The van der Waals surface area contributed by atoms with E-state index in [1.165, 1.54) is 0 Å². The highest BCUT2D eigenvalue weighted by atomic mass is 16.5. The molecule has 0 saturated carbocycles. The number of amides is 1. The molecule has 1 saturated heterocycles. The van der Waals surface area contributed by atoms with Gasteiger partial charge in [0.25, 0.3) is 0 Å². The number of aliphatic carboxylic acids is 1. The minimum Gasteiger partial charge on any atom is -0.480 e. The molecule has 0 aromatic rings. The van der Waals surface area contributed by atoms with Crippen LogP contribution in [0.5, 0.6) is 0 Å². The Bertz CT molecular complexity index is 272. The quantitative estimate of drug-likeness (QED) is 0.680. The van der Waals surface area contributed by atoms with Gasteiger partial charge in [-0.05, 0) is 6.92 Å². The molecule has 16 heavy (non-hydrogen) atoms. The number of nitrogens with zero attached hydrogens (tertiary/aromatic N) is 1. The first-order valence-electron chi connectivity index (χ1n) is 5.09. The van der Waals surface area contributed by atoms with Gasteiger partial charge in [-0.2, -0.15) is 0 Å². The fourth-order valence-corrected chi connectivity index (χ4v) is 1.61. The van der Waals surface area contributed by atoms with E-state index >= 15 is 0 Å². The molecule has 92 valence electrons. The van der Waals surface area contributed by atoms with Gasteiger partial charge in [0.2, 0.25) is 5.91 Å². The minimum absolute atomic E-state index is 0.0123. The van der Waals surface area contributed by atoms with E-state index < -0.39 is 11.6 Å². The average molecular weight is 231 g/mol. The van der Waals surface area contributed by atoms with Crippen LogP contribution in [0.1, 0.15) is 13.3 Å². The summed E-state index contributed by atoms with van der Waals surface area (Å²) in [5, 5.41) is 8.47. The lowest BCUT2D eigenvalue weighted by atomic mass is 9.96. The summed E-state index contributed by atoms with van der Waals surface area (Å²) in [5.41, 5.74) is -0.513. The largest absolute Gasteiger partial charge is 0.480 e. The number of hydrogen-bond donors (Lipinski definition) is 1. The normalized spacial score (nSPS) is 18.0. The number of carbonyl (C=O) groups excluding carboxylic acids is 1. The molecule has 1 rings (SSSR count). The number of rotatable bonds is 6. The second-order valence-electron chi connectivity index (χ2n) is 4.12. The van der Waals surface area contributed by atoms with Gasteiger partial charge < -0.3 is 19.5 Å². The lowest BCUT2D eigenvalue weighted by Gasteiger charge is -2.47. The summed E-state index contributed by atoms with van der Waals surface area (Å²) >= 11 is 0. The predicted molar refractivity (Wildman–Crippen MR) is 55.1 cm³/mol. The third-order valence-corrected chi connectivity index (χ3v) is 2.47. The molecule has 0 atom stereocenters. The molecule has 0 aliphatic carbocycles. The third-order valence-electron chi connectivity index (χ3n) is 2.47. The first kappa shape index (κ1) is 12.9. The third kappa shape index (κ3) is 3.46. The van der Waals surface area contributed by atoms with E-state index in [1.807, 2.05) is 0 Å². The van der Waals surface area contributed by atoms with Crippen LogP contribution in [0.4, 0.5) is 0 Å². The summed E-state index contributed by atoms with van der Waals surface area (Å²) in [6.07, 6.45) is 0.353. The first-order chi connectivity index (χ1) is 7.47. The fourth-order valence-electron chi connectivity index (χ4n) is 1.61. The van der Waals surface area contributed by atoms with Crippen molar-refractivity contribution in [1.29, 1.82) is 0 Å². The van der Waals surface area contributed by atoms with E-state index in [1.54, 1.807) is 18.9 Å². The van der Waals surface area contributed by atoms with Gasteiger partial charge in [-0.1, -0.05) is 0 Å². The van der Waals surface area contributed by atoms with Crippen LogP contribution >= 0.6 is 0 Å². The molecule has 0 aromatic heterocycles. The van der Waals surface area contributed by atoms with E-state index in [9.17, 15) is 9.59 Å². The highest BCUT2D eigenvalue weighted by molar-refractivity contribution is 5.77. The minimum atomic E-state index is -0.995. The zero-order valence-corrected chi connectivity index (χ0v) is 9.56. The van der Waals surface area contributed by atoms with Crippen LogP contribution in [0.3, 0.4) is 0 Å². The SMILES string of the molecule is COCCC(=O)N1CC(C)(OCC(=O)O)C1. The summed E-state index contributed by atoms with van der Waals surface area (Å²) in [6, 6.07) is 0. The summed E-state index contributed by atoms with van der Waals surface area (Å²) in [5.74, 6) is -0.983. The van der Waals surface area contributed by atoms with Gasteiger partial charge in [0, 0.05) is 7.11 Å². The maximum atomic E-state index is 11.5. The highest BCUT2D eigenvalue weighted by Crippen LogP contribution is 2.25. The van der Waals surface area contributed by atoms with Gasteiger partial charge in [0.15, 0.2) is 0 Å². The van der Waals surface area contributed by atoms with Crippen molar-refractivity contribution in [1.82, 2.24) is 4.90 Å². The van der Waals surface area contributed by atoms with Gasteiger partial charge in [-0.3, -0.25) is 4.79 Å². The van der Waals surface area contributed by atoms with E-state index in [0.29, 0.717) is 26.1 Å². The Hall–Kier alpha value is -1.14. The highest BCUT2D eigenvalue weighted by Gasteiger charge is 2.42. The maximum absolute atomic E-state index is 11.5. The molecule has 0 unspecified atom stereocenters. The summed E-state index contributed by atoms with van der Waals surface area (Å²) < 4.78 is 9.99. The van der Waals surface area contributed by atoms with Gasteiger partial charge in [0.05, 0.1) is 26.1 Å². The summed E-state index contributed by atoms with van der Waals surface area (Å²) in [7, 11) is 1.55. The second-order valence-corrected chi connectivity index (χ2v) is 4.12. The molecule has 1 amide bonds. The van der Waals surface area contributed by atoms with Crippen molar-refractivity contribution in [3.8, 4) is 0 Å². The topological polar surface area (TPSA) is 76.1 Å². The van der Waals surface area contributed by atoms with E-state index in [-0.39, 0.29) is 12.5 Å². The number of likely N-dealkylation sites (tertiary alicyclic amines) is 1. The molecular weight excluding hydrogens is 214 g/mol. The molecule has 1 heterocycles. The molecule has 0 spiro atoms. The molecule has 1 aliphatic heterocycles. The zero-order chi connectivity index (χ0) is 12.2. The summed E-state index contributed by atoms with van der Waals surface area (Å²) in [4.78, 5) is 23.4. The Labute approximate surface area is 94.1 Å². The second kappa shape index (κ2) is 5.27. The Kier molecular flexibility index (Phi) is 4.26. The van der Waals surface area contributed by atoms with Crippen molar-refractivity contribution < 1.29 is 24.2 Å². The lowest BCUT2D eigenvalue weighted by Crippen LogP contribution is -2.63. The Morgan fingerprint density at radius 3 is 2.56 bits per heavy atom. The number of carboxylic acid groups (broad SMARTS) is 1. The van der Waals surface area contributed by atoms with Crippen LogP contribution in [0, 0.1) is 0 Å². The fraction of sp³-hybridized carbons (Fsp3) is 0.800. The monoisotopic (exact) mass is 231 g/mol. The van der Waals surface area contributed by atoms with E-state index in [0.717, 1.165) is 0 Å². The van der Waals surface area contributed by atoms with Crippen molar-refractivity contribution in [2.45, 2.75) is 18.9 Å². The van der Waals surface area contributed by atoms with Crippen LogP contribution in [-0.4, -0.2) is 60.9 Å². The number of carboxylic acids is 1. The molecular formula is C10H17NO5. The van der Waals surface area contributed by atoms with Gasteiger partial charge in [-0.25, -0.2) is 4.79 Å². The Balaban J connectivity index is 2.24. The van der Waals surface area contributed by atoms with Crippen molar-refractivity contribution in [3.63, 3.8) is 0 Å². The van der Waals surface area contributed by atoms with Gasteiger partial charge in [0.1, 0.15) is 12.2 Å². The van der Waals surface area contributed by atoms with Gasteiger partial charge >= 0.3 is 5.97 Å². The molecule has 6 nitrogen and oxygen atoms in total. The van der Waals surface area contributed by atoms with E-state index in [2.05, 4.69) is 0 Å². The standard InChI is InChI=1S/C10H17NO5/c1-10(16-5-9(13)14)6-11(7-10)8(12)3-4-15-2/h3-7H2,1-2H3,(H,13,14). The van der Waals surface area contributed by atoms with Crippen molar-refractivity contribution >= 4 is 11.9 Å².